The number of rotatable bonds is 5. The molecular formula is C23H22N4O4S. The molecule has 1 N–H and O–H groups in total. The Kier molecular flexibility index (Phi) is 5.48. The SMILES string of the molecule is Cc1ccccc1CC(=O)N1CCC[C@@H]1c1nnc(C(=O)Nc2ccc3c(c2)OCO3)s1. The fourth-order valence-electron chi connectivity index (χ4n) is 4.01. The monoisotopic (exact) mass is 450 g/mol. The zero-order valence-electron chi connectivity index (χ0n) is 17.5. The van der Waals surface area contributed by atoms with E-state index in [1.54, 1.807) is 18.2 Å². The Hall–Kier alpha value is -3.46. The minimum absolute atomic E-state index is 0.0726. The summed E-state index contributed by atoms with van der Waals surface area (Å²) in [6.07, 6.45) is 2.08. The van der Waals surface area contributed by atoms with Crippen molar-refractivity contribution in [1.82, 2.24) is 15.1 Å². The van der Waals surface area contributed by atoms with E-state index in [0.717, 1.165) is 24.0 Å². The summed E-state index contributed by atoms with van der Waals surface area (Å²) < 4.78 is 10.6. The third-order valence-electron chi connectivity index (χ3n) is 5.73. The number of benzene rings is 2. The predicted octanol–water partition coefficient (Wildman–Crippen LogP) is 3.73. The van der Waals surface area contributed by atoms with Crippen molar-refractivity contribution in [1.29, 1.82) is 0 Å². The highest BCUT2D eigenvalue weighted by atomic mass is 32.1. The third-order valence-corrected chi connectivity index (χ3v) is 6.75. The van der Waals surface area contributed by atoms with E-state index in [1.165, 1.54) is 11.3 Å². The molecule has 3 aromatic rings. The predicted molar refractivity (Wildman–Crippen MR) is 119 cm³/mol. The fraction of sp³-hybridized carbons (Fsp3) is 0.304. The van der Waals surface area contributed by atoms with Gasteiger partial charge in [0.05, 0.1) is 12.5 Å². The van der Waals surface area contributed by atoms with Crippen molar-refractivity contribution in [3.63, 3.8) is 0 Å². The number of carbonyl (C=O) groups excluding carboxylic acids is 2. The third kappa shape index (κ3) is 4.03. The summed E-state index contributed by atoms with van der Waals surface area (Å²) in [4.78, 5) is 27.6. The maximum Gasteiger partial charge on any atom is 0.286 e. The number of nitrogens with one attached hydrogen (secondary N) is 1. The first-order valence-corrected chi connectivity index (χ1v) is 11.3. The normalized spacial score (nSPS) is 16.9. The fourth-order valence-corrected chi connectivity index (χ4v) is 4.90. The van der Waals surface area contributed by atoms with Crippen molar-refractivity contribution in [3.8, 4) is 11.5 Å². The maximum atomic E-state index is 13.0. The molecule has 2 aliphatic heterocycles. The smallest absolute Gasteiger partial charge is 0.286 e. The molecule has 0 spiro atoms. The highest BCUT2D eigenvalue weighted by molar-refractivity contribution is 7.13. The number of nitrogens with zero attached hydrogens (tertiary/aromatic N) is 3. The summed E-state index contributed by atoms with van der Waals surface area (Å²) in [5, 5.41) is 12.1. The molecule has 2 aliphatic rings. The van der Waals surface area contributed by atoms with E-state index in [4.69, 9.17) is 9.47 Å². The molecule has 8 nitrogen and oxygen atoms in total. The van der Waals surface area contributed by atoms with E-state index < -0.39 is 0 Å². The number of hydrogen-bond donors (Lipinski definition) is 1. The summed E-state index contributed by atoms with van der Waals surface area (Å²) >= 11 is 1.23. The summed E-state index contributed by atoms with van der Waals surface area (Å²) in [5.41, 5.74) is 2.73. The minimum atomic E-state index is -0.344. The van der Waals surface area contributed by atoms with Crippen LogP contribution in [0.15, 0.2) is 42.5 Å². The maximum absolute atomic E-state index is 13.0. The lowest BCUT2D eigenvalue weighted by Gasteiger charge is -2.23. The van der Waals surface area contributed by atoms with Gasteiger partial charge in [-0.15, -0.1) is 10.2 Å². The highest BCUT2D eigenvalue weighted by Crippen LogP contribution is 2.36. The van der Waals surface area contributed by atoms with Gasteiger partial charge in [0.15, 0.2) is 11.5 Å². The van der Waals surface area contributed by atoms with Crippen LogP contribution < -0.4 is 14.8 Å². The molecule has 0 unspecified atom stereocenters. The van der Waals surface area contributed by atoms with Crippen molar-refractivity contribution in [2.75, 3.05) is 18.7 Å². The molecule has 164 valence electrons. The van der Waals surface area contributed by atoms with Gasteiger partial charge in [0.1, 0.15) is 5.01 Å². The quantitative estimate of drug-likeness (QED) is 0.637. The van der Waals surface area contributed by atoms with E-state index in [1.807, 2.05) is 36.1 Å². The van der Waals surface area contributed by atoms with Gasteiger partial charge in [-0.3, -0.25) is 9.59 Å². The first-order valence-electron chi connectivity index (χ1n) is 10.5. The molecule has 0 aliphatic carbocycles. The topological polar surface area (TPSA) is 93.7 Å². The lowest BCUT2D eigenvalue weighted by molar-refractivity contribution is -0.131. The molecule has 1 atom stereocenters. The van der Waals surface area contributed by atoms with Crippen molar-refractivity contribution in [2.24, 2.45) is 0 Å². The average molecular weight is 451 g/mol. The van der Waals surface area contributed by atoms with Crippen molar-refractivity contribution >= 4 is 28.8 Å². The molecule has 3 heterocycles. The van der Waals surface area contributed by atoms with Crippen molar-refractivity contribution in [3.05, 3.63) is 63.6 Å². The Morgan fingerprint density at radius 1 is 1.16 bits per heavy atom. The number of amides is 2. The number of anilines is 1. The van der Waals surface area contributed by atoms with Gasteiger partial charge >= 0.3 is 0 Å². The van der Waals surface area contributed by atoms with Gasteiger partial charge in [0.2, 0.25) is 17.7 Å². The zero-order valence-corrected chi connectivity index (χ0v) is 18.4. The molecule has 2 amide bonds. The number of aryl methyl sites for hydroxylation is 1. The Morgan fingerprint density at radius 3 is 2.88 bits per heavy atom. The van der Waals surface area contributed by atoms with Gasteiger partial charge in [-0.1, -0.05) is 35.6 Å². The Bertz CT molecular complexity index is 1180. The van der Waals surface area contributed by atoms with Crippen LogP contribution in [0.1, 0.15) is 44.8 Å². The summed E-state index contributed by atoms with van der Waals surface area (Å²) in [7, 11) is 0. The molecule has 1 fully saturated rings. The van der Waals surface area contributed by atoms with Crippen LogP contribution in [0.5, 0.6) is 11.5 Å². The molecule has 1 aromatic heterocycles. The standard InChI is InChI=1S/C23H22N4O4S/c1-14-5-2-3-6-15(14)11-20(28)27-10-4-7-17(27)22-25-26-23(32-22)21(29)24-16-8-9-18-19(12-16)31-13-30-18/h2-3,5-6,8-9,12,17H,4,7,10-11,13H2,1H3,(H,24,29)/t17-/m1/s1. The van der Waals surface area contributed by atoms with E-state index in [-0.39, 0.29) is 29.7 Å². The van der Waals surface area contributed by atoms with Crippen LogP contribution in [0, 0.1) is 6.92 Å². The highest BCUT2D eigenvalue weighted by Gasteiger charge is 2.33. The number of carbonyl (C=O) groups is 2. The molecular weight excluding hydrogens is 428 g/mol. The second kappa shape index (κ2) is 8.58. The van der Waals surface area contributed by atoms with Gasteiger partial charge in [-0.2, -0.15) is 0 Å². The number of aromatic nitrogens is 2. The number of ether oxygens (including phenoxy) is 2. The second-order valence-electron chi connectivity index (χ2n) is 7.82. The van der Waals surface area contributed by atoms with Crippen LogP contribution in [0.3, 0.4) is 0 Å². The first kappa shape index (κ1) is 20.4. The van der Waals surface area contributed by atoms with Crippen molar-refractivity contribution in [2.45, 2.75) is 32.2 Å². The van der Waals surface area contributed by atoms with Crippen molar-refractivity contribution < 1.29 is 19.1 Å². The van der Waals surface area contributed by atoms with Crippen LogP contribution >= 0.6 is 11.3 Å². The summed E-state index contributed by atoms with van der Waals surface area (Å²) in [5.74, 6) is 0.971. The second-order valence-corrected chi connectivity index (χ2v) is 8.83. The molecule has 0 saturated carbocycles. The van der Waals surface area contributed by atoms with E-state index in [9.17, 15) is 9.59 Å². The molecule has 5 rings (SSSR count). The molecule has 32 heavy (non-hydrogen) atoms. The molecule has 0 radical (unpaired) electrons. The minimum Gasteiger partial charge on any atom is -0.454 e. The lowest BCUT2D eigenvalue weighted by atomic mass is 10.1. The van der Waals surface area contributed by atoms with Gasteiger partial charge in [0.25, 0.3) is 5.91 Å². The van der Waals surface area contributed by atoms with Gasteiger partial charge in [-0.05, 0) is 43.0 Å². The Morgan fingerprint density at radius 2 is 2.00 bits per heavy atom. The average Bonchev–Trinajstić information content (AvgIpc) is 3.54. The molecule has 9 heteroatoms. The van der Waals surface area contributed by atoms with Gasteiger partial charge < -0.3 is 19.7 Å². The van der Waals surface area contributed by atoms with Crippen LogP contribution in [-0.2, 0) is 11.2 Å². The molecule has 2 aromatic carbocycles. The molecule has 0 bridgehead atoms. The summed E-state index contributed by atoms with van der Waals surface area (Å²) in [6.45, 7) is 2.88. The first-order chi connectivity index (χ1) is 15.6. The number of likely N-dealkylation sites (tertiary alicyclic amines) is 1. The van der Waals surface area contributed by atoms with Crippen LogP contribution in [0.4, 0.5) is 5.69 Å². The molecule has 1 saturated heterocycles. The van der Waals surface area contributed by atoms with Crippen LogP contribution in [0.2, 0.25) is 0 Å². The van der Waals surface area contributed by atoms with Gasteiger partial charge in [-0.25, -0.2) is 0 Å². The zero-order chi connectivity index (χ0) is 22.1. The number of hydrogen-bond acceptors (Lipinski definition) is 7. The van der Waals surface area contributed by atoms with Crippen LogP contribution in [-0.4, -0.2) is 40.2 Å². The number of fused-ring (bicyclic) bond motifs is 1. The summed E-state index contributed by atoms with van der Waals surface area (Å²) in [6, 6.07) is 13.0. The lowest BCUT2D eigenvalue weighted by Crippen LogP contribution is -2.32. The van der Waals surface area contributed by atoms with E-state index >= 15 is 0 Å². The largest absolute Gasteiger partial charge is 0.454 e. The Labute approximate surface area is 189 Å². The van der Waals surface area contributed by atoms with E-state index in [2.05, 4.69) is 15.5 Å². The van der Waals surface area contributed by atoms with E-state index in [0.29, 0.717) is 35.2 Å². The van der Waals surface area contributed by atoms with Gasteiger partial charge in [0, 0.05) is 18.3 Å². The van der Waals surface area contributed by atoms with Crippen LogP contribution in [0.25, 0.3) is 0 Å². The Balaban J connectivity index is 1.27.